The van der Waals surface area contributed by atoms with Crippen LogP contribution in [0, 0.1) is 10.1 Å². The van der Waals surface area contributed by atoms with Crippen LogP contribution in [-0.2, 0) is 0 Å². The van der Waals surface area contributed by atoms with E-state index in [1.165, 1.54) is 0 Å². The maximum atomic E-state index is 9.87. The third kappa shape index (κ3) is 1.10. The van der Waals surface area contributed by atoms with Crippen LogP contribution in [0.25, 0.3) is 0 Å². The summed E-state index contributed by atoms with van der Waals surface area (Å²) in [6.07, 6.45) is 0. The van der Waals surface area contributed by atoms with E-state index < -0.39 is 10.9 Å². The van der Waals surface area contributed by atoms with Gasteiger partial charge in [-0.2, -0.15) is 0 Å². The first-order valence-electron chi connectivity index (χ1n) is 2.17. The standard InChI is InChI=1S/C2H2N6O2/c3-1-4-6-2(7-5-1)8(9)10/h(H2,3,4,5). The van der Waals surface area contributed by atoms with Crippen LogP contribution in [-0.4, -0.2) is 25.3 Å². The molecule has 1 aromatic rings. The molecule has 2 N–H and O–H groups in total. The molecule has 0 aromatic carbocycles. The van der Waals surface area contributed by atoms with Gasteiger partial charge in [-0.3, -0.25) is 0 Å². The van der Waals surface area contributed by atoms with Gasteiger partial charge in [-0.1, -0.05) is 0 Å². The van der Waals surface area contributed by atoms with E-state index in [-0.39, 0.29) is 5.95 Å². The van der Waals surface area contributed by atoms with E-state index >= 15 is 0 Å². The summed E-state index contributed by atoms with van der Waals surface area (Å²) in [7, 11) is 0. The lowest BCUT2D eigenvalue weighted by Gasteiger charge is -1.86. The van der Waals surface area contributed by atoms with E-state index in [0.717, 1.165) is 0 Å². The molecule has 10 heavy (non-hydrogen) atoms. The van der Waals surface area contributed by atoms with Crippen LogP contribution in [0.5, 0.6) is 0 Å². The molecule has 0 spiro atoms. The highest BCUT2D eigenvalue weighted by atomic mass is 16.6. The summed E-state index contributed by atoms with van der Waals surface area (Å²) in [4.78, 5) is 9.07. The maximum Gasteiger partial charge on any atom is 0.513 e. The lowest BCUT2D eigenvalue weighted by atomic mass is 11.0. The van der Waals surface area contributed by atoms with Gasteiger partial charge >= 0.3 is 5.95 Å². The second-order valence-electron chi connectivity index (χ2n) is 1.32. The van der Waals surface area contributed by atoms with Gasteiger partial charge in [0.2, 0.25) is 0 Å². The van der Waals surface area contributed by atoms with Crippen molar-refractivity contribution in [1.29, 1.82) is 0 Å². The first kappa shape index (κ1) is 6.26. The van der Waals surface area contributed by atoms with Crippen LogP contribution in [0.4, 0.5) is 11.9 Å². The van der Waals surface area contributed by atoms with E-state index in [9.17, 15) is 10.1 Å². The minimum absolute atomic E-state index is 0.189. The first-order valence-corrected chi connectivity index (χ1v) is 2.17. The molecule has 1 heterocycles. The molecule has 52 valence electrons. The summed E-state index contributed by atoms with van der Waals surface area (Å²) < 4.78 is 0. The van der Waals surface area contributed by atoms with Crippen LogP contribution in [0.1, 0.15) is 0 Å². The van der Waals surface area contributed by atoms with E-state index in [0.29, 0.717) is 0 Å². The van der Waals surface area contributed by atoms with Gasteiger partial charge in [-0.15, -0.1) is 0 Å². The molecule has 0 amide bonds. The van der Waals surface area contributed by atoms with Crippen molar-refractivity contribution in [3.8, 4) is 0 Å². The minimum Gasteiger partial charge on any atom is -0.390 e. The molecule has 1 rings (SSSR count). The molecule has 0 aliphatic rings. The zero-order chi connectivity index (χ0) is 7.56. The van der Waals surface area contributed by atoms with Gasteiger partial charge in [-0.05, 0) is 15.1 Å². The van der Waals surface area contributed by atoms with Crippen molar-refractivity contribution in [1.82, 2.24) is 20.4 Å². The summed E-state index contributed by atoms with van der Waals surface area (Å²) in [5.41, 5.74) is 4.96. The van der Waals surface area contributed by atoms with Crippen molar-refractivity contribution in [3.63, 3.8) is 0 Å². The van der Waals surface area contributed by atoms with Crippen molar-refractivity contribution < 1.29 is 4.92 Å². The van der Waals surface area contributed by atoms with Gasteiger partial charge in [-0.25, -0.2) is 0 Å². The van der Waals surface area contributed by atoms with Crippen LogP contribution in [0.2, 0.25) is 0 Å². The molecule has 8 heteroatoms. The highest BCUT2D eigenvalue weighted by Gasteiger charge is 2.09. The van der Waals surface area contributed by atoms with Gasteiger partial charge in [0.15, 0.2) is 0 Å². The highest BCUT2D eigenvalue weighted by molar-refractivity contribution is 5.09. The third-order valence-electron chi connectivity index (χ3n) is 0.647. The quantitative estimate of drug-likeness (QED) is 0.384. The number of rotatable bonds is 1. The van der Waals surface area contributed by atoms with E-state index in [1.807, 2.05) is 0 Å². The Morgan fingerprint density at radius 1 is 1.30 bits per heavy atom. The van der Waals surface area contributed by atoms with E-state index in [4.69, 9.17) is 5.73 Å². The predicted molar refractivity (Wildman–Crippen MR) is 28.7 cm³/mol. The number of hydrogen-bond donors (Lipinski definition) is 1. The third-order valence-corrected chi connectivity index (χ3v) is 0.647. The topological polar surface area (TPSA) is 121 Å². The van der Waals surface area contributed by atoms with Gasteiger partial charge in [0.1, 0.15) is 0 Å². The first-order chi connectivity index (χ1) is 4.70. The molecule has 0 radical (unpaired) electrons. The molecule has 0 fully saturated rings. The Hall–Kier alpha value is -1.86. The number of hydrogen-bond acceptors (Lipinski definition) is 7. The lowest BCUT2D eigenvalue weighted by Crippen LogP contribution is -2.04. The van der Waals surface area contributed by atoms with Crippen LogP contribution in [0.3, 0.4) is 0 Å². The van der Waals surface area contributed by atoms with Crippen molar-refractivity contribution >= 4 is 11.9 Å². The Kier molecular flexibility index (Phi) is 1.36. The monoisotopic (exact) mass is 142 g/mol. The molecule has 0 saturated heterocycles. The molecule has 1 aromatic heterocycles. The molecule has 0 unspecified atom stereocenters. The normalized spacial score (nSPS) is 9.20. The smallest absolute Gasteiger partial charge is 0.390 e. The fourth-order valence-corrected chi connectivity index (χ4v) is 0.305. The Morgan fingerprint density at radius 2 is 1.80 bits per heavy atom. The average Bonchev–Trinajstić information content (AvgIpc) is 1.88. The summed E-state index contributed by atoms with van der Waals surface area (Å²) in [6.45, 7) is 0. The van der Waals surface area contributed by atoms with Crippen molar-refractivity contribution in [3.05, 3.63) is 10.1 Å². The Morgan fingerprint density at radius 3 is 2.20 bits per heavy atom. The van der Waals surface area contributed by atoms with Crippen LogP contribution < -0.4 is 5.73 Å². The van der Waals surface area contributed by atoms with Gasteiger partial charge < -0.3 is 15.8 Å². The van der Waals surface area contributed by atoms with Gasteiger partial charge in [0, 0.05) is 0 Å². The van der Waals surface area contributed by atoms with Gasteiger partial charge in [0.25, 0.3) is 5.95 Å². The molecule has 0 saturated carbocycles. The molecular weight excluding hydrogens is 140 g/mol. The number of aromatic nitrogens is 4. The Bertz CT molecular complexity index is 242. The Balaban J connectivity index is 3.00. The van der Waals surface area contributed by atoms with Crippen molar-refractivity contribution in [2.24, 2.45) is 0 Å². The molecular formula is C2H2N6O2. The average molecular weight is 142 g/mol. The predicted octanol–water partition coefficient (Wildman–Crippen LogP) is -1.24. The molecule has 0 aliphatic carbocycles. The van der Waals surface area contributed by atoms with Crippen molar-refractivity contribution in [2.75, 3.05) is 5.73 Å². The van der Waals surface area contributed by atoms with Crippen LogP contribution in [0.15, 0.2) is 0 Å². The summed E-state index contributed by atoms with van der Waals surface area (Å²) in [6, 6.07) is 0. The largest absolute Gasteiger partial charge is 0.513 e. The number of nitro groups is 1. The van der Waals surface area contributed by atoms with E-state index in [1.54, 1.807) is 0 Å². The fraction of sp³-hybridized carbons (Fsp3) is 0. The maximum absolute atomic E-state index is 9.87. The van der Waals surface area contributed by atoms with E-state index in [2.05, 4.69) is 20.4 Å². The van der Waals surface area contributed by atoms with Crippen LogP contribution >= 0.6 is 0 Å². The van der Waals surface area contributed by atoms with Crippen molar-refractivity contribution in [2.45, 2.75) is 0 Å². The second kappa shape index (κ2) is 2.17. The summed E-state index contributed by atoms with van der Waals surface area (Å²) in [5, 5.41) is 22.2. The summed E-state index contributed by atoms with van der Waals surface area (Å²) >= 11 is 0. The Labute approximate surface area is 54.2 Å². The lowest BCUT2D eigenvalue weighted by molar-refractivity contribution is -0.395. The highest BCUT2D eigenvalue weighted by Crippen LogP contribution is 1.94. The zero-order valence-electron chi connectivity index (χ0n) is 4.63. The molecule has 0 aliphatic heterocycles. The van der Waals surface area contributed by atoms with Gasteiger partial charge in [0.05, 0.1) is 10.2 Å². The molecule has 8 nitrogen and oxygen atoms in total. The number of nitrogens with zero attached hydrogens (tertiary/aromatic N) is 5. The minimum atomic E-state index is -0.806. The second-order valence-corrected chi connectivity index (χ2v) is 1.32. The number of anilines is 1. The molecule has 0 atom stereocenters. The zero-order valence-corrected chi connectivity index (χ0v) is 4.63. The number of nitrogen functional groups attached to an aromatic ring is 1. The molecule has 0 bridgehead atoms. The summed E-state index contributed by atoms with van der Waals surface area (Å²) in [5.74, 6) is -0.847. The SMILES string of the molecule is Nc1nnc([N+](=O)[O-])nn1. The fourth-order valence-electron chi connectivity index (χ4n) is 0.305. The number of nitrogens with two attached hydrogens (primary N) is 1.